The minimum Gasteiger partial charge on any atom is -0.459 e. The number of halogens is 1. The SMILES string of the molecule is O=C(Nc1nnc(S(=O)(=O)Cl)s1)c1ccco1. The Kier molecular flexibility index (Phi) is 3.13. The molecule has 7 nitrogen and oxygen atoms in total. The van der Waals surface area contributed by atoms with Crippen molar-refractivity contribution in [3.63, 3.8) is 0 Å². The van der Waals surface area contributed by atoms with Crippen molar-refractivity contribution < 1.29 is 17.6 Å². The van der Waals surface area contributed by atoms with E-state index in [1.807, 2.05) is 0 Å². The van der Waals surface area contributed by atoms with Crippen molar-refractivity contribution in [1.82, 2.24) is 10.2 Å². The molecule has 0 aliphatic heterocycles. The average molecular weight is 294 g/mol. The van der Waals surface area contributed by atoms with Crippen molar-refractivity contribution in [2.45, 2.75) is 4.34 Å². The molecule has 1 N–H and O–H groups in total. The zero-order valence-electron chi connectivity index (χ0n) is 7.95. The van der Waals surface area contributed by atoms with Crippen molar-refractivity contribution in [2.24, 2.45) is 0 Å². The van der Waals surface area contributed by atoms with Gasteiger partial charge in [0.15, 0.2) is 5.76 Å². The summed E-state index contributed by atoms with van der Waals surface area (Å²) in [4.78, 5) is 11.5. The van der Waals surface area contributed by atoms with Crippen LogP contribution in [-0.2, 0) is 9.05 Å². The first-order chi connectivity index (χ1) is 7.97. The second-order valence-electron chi connectivity index (χ2n) is 2.74. The Hall–Kier alpha value is -1.45. The molecule has 0 radical (unpaired) electrons. The van der Waals surface area contributed by atoms with E-state index >= 15 is 0 Å². The van der Waals surface area contributed by atoms with Gasteiger partial charge in [0.2, 0.25) is 9.47 Å². The van der Waals surface area contributed by atoms with Crippen LogP contribution in [0.4, 0.5) is 5.13 Å². The van der Waals surface area contributed by atoms with Crippen LogP contribution in [0.2, 0.25) is 0 Å². The van der Waals surface area contributed by atoms with Crippen LogP contribution in [0.5, 0.6) is 0 Å². The molecule has 2 heterocycles. The first kappa shape index (κ1) is 12.0. The first-order valence-electron chi connectivity index (χ1n) is 4.10. The van der Waals surface area contributed by atoms with Gasteiger partial charge in [0.05, 0.1) is 6.26 Å². The maximum Gasteiger partial charge on any atom is 0.293 e. The fourth-order valence-corrected chi connectivity index (χ4v) is 2.55. The highest BCUT2D eigenvalue weighted by molar-refractivity contribution is 8.15. The molecule has 0 aromatic carbocycles. The molecule has 2 aromatic rings. The summed E-state index contributed by atoms with van der Waals surface area (Å²) in [5.41, 5.74) is 0. The smallest absolute Gasteiger partial charge is 0.293 e. The molecule has 0 fully saturated rings. The molecule has 17 heavy (non-hydrogen) atoms. The summed E-state index contributed by atoms with van der Waals surface area (Å²) in [6, 6.07) is 3.00. The molecule has 90 valence electrons. The molecular weight excluding hydrogens is 290 g/mol. The lowest BCUT2D eigenvalue weighted by molar-refractivity contribution is 0.0996. The molecule has 0 unspecified atom stereocenters. The van der Waals surface area contributed by atoms with E-state index < -0.39 is 15.0 Å². The van der Waals surface area contributed by atoms with Crippen LogP contribution in [0.1, 0.15) is 10.6 Å². The number of nitrogens with zero attached hydrogens (tertiary/aromatic N) is 2. The lowest BCUT2D eigenvalue weighted by Crippen LogP contribution is -2.10. The quantitative estimate of drug-likeness (QED) is 0.676. The fraction of sp³-hybridized carbons (Fsp3) is 0. The van der Waals surface area contributed by atoms with E-state index in [4.69, 9.17) is 15.1 Å². The standard InChI is InChI=1S/C7H4ClN3O4S2/c8-17(13,14)7-11-10-6(16-7)9-5(12)4-2-1-3-15-4/h1-3H,(H,9,10,12). The average Bonchev–Trinajstić information content (AvgIpc) is 2.85. The summed E-state index contributed by atoms with van der Waals surface area (Å²) in [7, 11) is 1.13. The molecular formula is C7H4ClN3O4S2. The number of hydrogen-bond donors (Lipinski definition) is 1. The predicted molar refractivity (Wildman–Crippen MR) is 59.6 cm³/mol. The Bertz CT molecular complexity index is 634. The van der Waals surface area contributed by atoms with Crippen molar-refractivity contribution in [2.75, 3.05) is 5.32 Å². The minimum atomic E-state index is -3.93. The molecule has 10 heteroatoms. The van der Waals surface area contributed by atoms with Crippen molar-refractivity contribution in [3.05, 3.63) is 24.2 Å². The van der Waals surface area contributed by atoms with Gasteiger partial charge in [0.25, 0.3) is 15.0 Å². The van der Waals surface area contributed by atoms with Gasteiger partial charge in [-0.1, -0.05) is 11.3 Å². The molecule has 2 rings (SSSR count). The lowest BCUT2D eigenvalue weighted by Gasteiger charge is -1.95. The van der Waals surface area contributed by atoms with Crippen molar-refractivity contribution in [1.29, 1.82) is 0 Å². The Morgan fingerprint density at radius 1 is 1.47 bits per heavy atom. The maximum atomic E-state index is 11.5. The van der Waals surface area contributed by atoms with Crippen molar-refractivity contribution >= 4 is 42.1 Å². The number of nitrogens with one attached hydrogen (secondary N) is 1. The molecule has 0 atom stereocenters. The predicted octanol–water partition coefficient (Wildman–Crippen LogP) is 1.31. The van der Waals surface area contributed by atoms with E-state index in [1.165, 1.54) is 12.3 Å². The highest BCUT2D eigenvalue weighted by Gasteiger charge is 2.18. The van der Waals surface area contributed by atoms with E-state index in [0.29, 0.717) is 11.3 Å². The van der Waals surface area contributed by atoms with Gasteiger partial charge in [-0.05, 0) is 12.1 Å². The zero-order valence-corrected chi connectivity index (χ0v) is 10.3. The van der Waals surface area contributed by atoms with E-state index in [-0.39, 0.29) is 15.2 Å². The molecule has 2 aromatic heterocycles. The van der Waals surface area contributed by atoms with Crippen LogP contribution < -0.4 is 5.32 Å². The second kappa shape index (κ2) is 4.43. The van der Waals surface area contributed by atoms with Crippen LogP contribution in [0, 0.1) is 0 Å². The minimum absolute atomic E-state index is 0.0191. The number of rotatable bonds is 3. The summed E-state index contributed by atoms with van der Waals surface area (Å²) >= 11 is 0.650. The Morgan fingerprint density at radius 2 is 2.24 bits per heavy atom. The van der Waals surface area contributed by atoms with Crippen LogP contribution in [0.25, 0.3) is 0 Å². The first-order valence-corrected chi connectivity index (χ1v) is 7.22. The van der Waals surface area contributed by atoms with E-state index in [0.717, 1.165) is 0 Å². The largest absolute Gasteiger partial charge is 0.459 e. The van der Waals surface area contributed by atoms with Crippen LogP contribution in [0.15, 0.2) is 27.2 Å². The summed E-state index contributed by atoms with van der Waals surface area (Å²) in [5, 5.41) is 9.13. The lowest BCUT2D eigenvalue weighted by atomic mass is 10.4. The zero-order chi connectivity index (χ0) is 12.5. The van der Waals surface area contributed by atoms with Gasteiger partial charge in [-0.15, -0.1) is 10.2 Å². The summed E-state index contributed by atoms with van der Waals surface area (Å²) in [5.74, 6) is -0.472. The number of carbonyl (C=O) groups is 1. The second-order valence-corrected chi connectivity index (χ2v) is 6.46. The molecule has 0 saturated heterocycles. The maximum absolute atomic E-state index is 11.5. The van der Waals surface area contributed by atoms with Gasteiger partial charge in [-0.3, -0.25) is 10.1 Å². The number of carbonyl (C=O) groups excluding carboxylic acids is 1. The normalized spacial score (nSPS) is 11.4. The molecule has 0 aliphatic rings. The fourth-order valence-electron chi connectivity index (χ4n) is 0.925. The van der Waals surface area contributed by atoms with E-state index in [2.05, 4.69) is 15.5 Å². The van der Waals surface area contributed by atoms with Gasteiger partial charge in [-0.25, -0.2) is 8.42 Å². The van der Waals surface area contributed by atoms with Gasteiger partial charge in [-0.2, -0.15) is 0 Å². The van der Waals surface area contributed by atoms with E-state index in [9.17, 15) is 13.2 Å². The molecule has 0 aliphatic carbocycles. The monoisotopic (exact) mass is 293 g/mol. The molecule has 0 saturated carbocycles. The Balaban J connectivity index is 2.15. The number of hydrogen-bond acceptors (Lipinski definition) is 7. The van der Waals surface area contributed by atoms with Crippen LogP contribution in [-0.4, -0.2) is 24.5 Å². The summed E-state index contributed by atoms with van der Waals surface area (Å²) < 4.78 is 26.3. The highest BCUT2D eigenvalue weighted by atomic mass is 35.7. The molecule has 1 amide bonds. The molecule has 0 spiro atoms. The van der Waals surface area contributed by atoms with Gasteiger partial charge < -0.3 is 4.42 Å². The van der Waals surface area contributed by atoms with Crippen molar-refractivity contribution in [3.8, 4) is 0 Å². The Labute approximate surface area is 104 Å². The third kappa shape index (κ3) is 2.81. The Morgan fingerprint density at radius 3 is 2.76 bits per heavy atom. The van der Waals surface area contributed by atoms with Gasteiger partial charge >= 0.3 is 0 Å². The van der Waals surface area contributed by atoms with E-state index in [1.54, 1.807) is 6.07 Å². The summed E-state index contributed by atoms with van der Waals surface area (Å²) in [6.07, 6.45) is 1.34. The number of amides is 1. The number of furan rings is 1. The van der Waals surface area contributed by atoms with Gasteiger partial charge in [0.1, 0.15) is 0 Å². The third-order valence-electron chi connectivity index (χ3n) is 1.58. The third-order valence-corrected chi connectivity index (χ3v) is 4.33. The number of aromatic nitrogens is 2. The van der Waals surface area contributed by atoms with Gasteiger partial charge in [0, 0.05) is 10.7 Å². The highest BCUT2D eigenvalue weighted by Crippen LogP contribution is 2.23. The van der Waals surface area contributed by atoms with Crippen LogP contribution >= 0.6 is 22.0 Å². The molecule has 0 bridgehead atoms. The summed E-state index contributed by atoms with van der Waals surface area (Å²) in [6.45, 7) is 0. The number of anilines is 1. The van der Waals surface area contributed by atoms with Crippen LogP contribution in [0.3, 0.4) is 0 Å². The topological polar surface area (TPSA) is 102 Å².